The van der Waals surface area contributed by atoms with Crippen molar-refractivity contribution < 1.29 is 9.90 Å². The van der Waals surface area contributed by atoms with Crippen molar-refractivity contribution in [3.05, 3.63) is 97.5 Å². The Hall–Kier alpha value is -3.67. The van der Waals surface area contributed by atoms with Crippen LogP contribution in [0.25, 0.3) is 12.2 Å². The van der Waals surface area contributed by atoms with Crippen molar-refractivity contribution >= 4 is 18.1 Å². The summed E-state index contributed by atoms with van der Waals surface area (Å²) in [6.07, 6.45) is 3.71. The first-order valence-corrected chi connectivity index (χ1v) is 8.54. The van der Waals surface area contributed by atoms with Gasteiger partial charge in [-0.25, -0.2) is 9.79 Å². The van der Waals surface area contributed by atoms with Crippen LogP contribution in [0.3, 0.4) is 0 Å². The molecule has 0 radical (unpaired) electrons. The van der Waals surface area contributed by atoms with E-state index in [0.29, 0.717) is 5.56 Å². The summed E-state index contributed by atoms with van der Waals surface area (Å²) in [6, 6.07) is 14.4. The normalized spacial score (nSPS) is 15.1. The van der Waals surface area contributed by atoms with E-state index in [0.717, 1.165) is 27.5 Å². The number of aromatic carboxylic acids is 1. The van der Waals surface area contributed by atoms with Gasteiger partial charge in [-0.05, 0) is 35.9 Å². The topological polar surface area (TPSA) is 98.3 Å². The van der Waals surface area contributed by atoms with Crippen LogP contribution in [-0.4, -0.2) is 21.3 Å². The van der Waals surface area contributed by atoms with Gasteiger partial charge in [-0.15, -0.1) is 0 Å². The highest BCUT2D eigenvalue weighted by Gasteiger charge is 2.17. The molecule has 3 N–H and O–H groups in total. The summed E-state index contributed by atoms with van der Waals surface area (Å²) in [4.78, 5) is 27.9. The maximum Gasteiger partial charge on any atom is 0.335 e. The summed E-state index contributed by atoms with van der Waals surface area (Å²) in [5, 5.41) is 16.5. The van der Waals surface area contributed by atoms with Crippen molar-refractivity contribution in [1.29, 1.82) is 0 Å². The lowest BCUT2D eigenvalue weighted by Crippen LogP contribution is -2.19. The zero-order valence-corrected chi connectivity index (χ0v) is 14.6. The third-order valence-corrected chi connectivity index (χ3v) is 4.72. The van der Waals surface area contributed by atoms with E-state index < -0.39 is 5.97 Å². The molecule has 1 unspecified atom stereocenters. The summed E-state index contributed by atoms with van der Waals surface area (Å²) in [5.41, 5.74) is 2.89. The van der Waals surface area contributed by atoms with Crippen molar-refractivity contribution in [3.63, 3.8) is 0 Å². The monoisotopic (exact) mass is 359 g/mol. The van der Waals surface area contributed by atoms with Gasteiger partial charge in [0.25, 0.3) is 5.56 Å². The number of carboxylic acid groups (broad SMARTS) is 1. The zero-order valence-electron chi connectivity index (χ0n) is 14.6. The van der Waals surface area contributed by atoms with E-state index in [9.17, 15) is 9.59 Å². The summed E-state index contributed by atoms with van der Waals surface area (Å²) in [5.74, 6) is -1.09. The smallest absolute Gasteiger partial charge is 0.335 e. The maximum absolute atomic E-state index is 12.3. The van der Waals surface area contributed by atoms with Crippen LogP contribution < -0.4 is 16.1 Å². The standard InChI is InChI=1S/C21H17N3O3/c1-12(13-6-8-14(9-7-13)21(26)27)19-17(20(25)24-23-19)11-16-10-15-4-2-3-5-18(15)22-16/h2-12H,1H3,(H,26,27)(H2,23,24,25). The maximum atomic E-state index is 12.3. The fourth-order valence-corrected chi connectivity index (χ4v) is 3.21. The van der Waals surface area contributed by atoms with E-state index in [-0.39, 0.29) is 17.0 Å². The molecule has 0 fully saturated rings. The second-order valence-corrected chi connectivity index (χ2v) is 6.44. The molecule has 0 amide bonds. The van der Waals surface area contributed by atoms with Crippen molar-refractivity contribution in [3.8, 4) is 0 Å². The number of nitrogens with one attached hydrogen (secondary N) is 2. The number of aromatic nitrogens is 2. The number of hydrogen-bond donors (Lipinski definition) is 3. The average molecular weight is 359 g/mol. The number of allylic oxidation sites excluding steroid dienone is 1. The number of fused-ring (bicyclic) bond motifs is 1. The molecule has 3 aromatic rings. The quantitative estimate of drug-likeness (QED) is 0.664. The molecule has 134 valence electrons. The van der Waals surface area contributed by atoms with Gasteiger partial charge in [-0.2, -0.15) is 0 Å². The summed E-state index contributed by atoms with van der Waals surface area (Å²) in [7, 11) is 0. The molecule has 2 aromatic carbocycles. The second-order valence-electron chi connectivity index (χ2n) is 6.44. The molecule has 6 heteroatoms. The molecule has 2 heterocycles. The lowest BCUT2D eigenvalue weighted by atomic mass is 9.94. The Morgan fingerprint density at radius 1 is 1.11 bits per heavy atom. The van der Waals surface area contributed by atoms with Crippen LogP contribution in [0, 0.1) is 0 Å². The first-order chi connectivity index (χ1) is 13.0. The average Bonchev–Trinajstić information content (AvgIpc) is 3.25. The Balaban J connectivity index is 1.72. The van der Waals surface area contributed by atoms with Crippen LogP contribution in [-0.2, 0) is 0 Å². The van der Waals surface area contributed by atoms with E-state index in [1.165, 1.54) is 0 Å². The second kappa shape index (κ2) is 6.57. The van der Waals surface area contributed by atoms with Gasteiger partial charge in [0.2, 0.25) is 0 Å². The van der Waals surface area contributed by atoms with E-state index in [4.69, 9.17) is 5.11 Å². The van der Waals surface area contributed by atoms with E-state index in [2.05, 4.69) is 15.2 Å². The number of carboxylic acids is 1. The number of hydrogen-bond acceptors (Lipinski definition) is 3. The molecule has 0 saturated carbocycles. The van der Waals surface area contributed by atoms with Gasteiger partial charge in [-0.1, -0.05) is 37.3 Å². The van der Waals surface area contributed by atoms with Gasteiger partial charge in [0, 0.05) is 11.1 Å². The van der Waals surface area contributed by atoms with Gasteiger partial charge in [0.15, 0.2) is 0 Å². The molecule has 1 atom stereocenters. The number of para-hydroxylation sites is 1. The highest BCUT2D eigenvalue weighted by atomic mass is 16.4. The van der Waals surface area contributed by atoms with Crippen LogP contribution in [0.2, 0.25) is 0 Å². The molecule has 27 heavy (non-hydrogen) atoms. The highest BCUT2D eigenvalue weighted by Crippen LogP contribution is 2.25. The first-order valence-electron chi connectivity index (χ1n) is 8.54. The van der Waals surface area contributed by atoms with Crippen molar-refractivity contribution in [2.45, 2.75) is 12.8 Å². The molecule has 0 aliphatic carbocycles. The van der Waals surface area contributed by atoms with E-state index in [1.54, 1.807) is 30.3 Å². The Morgan fingerprint density at radius 3 is 2.56 bits per heavy atom. The lowest BCUT2D eigenvalue weighted by Gasteiger charge is -2.11. The first kappa shape index (κ1) is 16.8. The Bertz CT molecular complexity index is 1190. The molecule has 0 bridgehead atoms. The van der Waals surface area contributed by atoms with Gasteiger partial charge in [-0.3, -0.25) is 9.89 Å². The number of rotatable bonds is 4. The molecule has 0 spiro atoms. The summed E-state index contributed by atoms with van der Waals surface area (Å²) in [6.45, 7) is 1.96. The fraction of sp³-hybridized carbons (Fsp3) is 0.0952. The molecule has 6 nitrogen and oxygen atoms in total. The molecular weight excluding hydrogens is 342 g/mol. The minimum absolute atomic E-state index is 0.123. The molecule has 0 saturated heterocycles. The summed E-state index contributed by atoms with van der Waals surface area (Å²) < 4.78 is 0. The van der Waals surface area contributed by atoms with Gasteiger partial charge in [0.05, 0.1) is 27.9 Å². The third-order valence-electron chi connectivity index (χ3n) is 4.72. The highest BCUT2D eigenvalue weighted by molar-refractivity contribution is 5.87. The molecule has 1 aliphatic rings. The van der Waals surface area contributed by atoms with Crippen LogP contribution in [0.15, 0.2) is 64.0 Å². The number of carbonyl (C=O) groups is 1. The lowest BCUT2D eigenvalue weighted by molar-refractivity contribution is 0.0697. The minimum atomic E-state index is -0.965. The third kappa shape index (κ3) is 3.13. The largest absolute Gasteiger partial charge is 0.478 e. The van der Waals surface area contributed by atoms with Crippen molar-refractivity contribution in [2.75, 3.05) is 0 Å². The predicted molar refractivity (Wildman–Crippen MR) is 102 cm³/mol. The van der Waals surface area contributed by atoms with Crippen LogP contribution in [0.1, 0.15) is 40.0 Å². The zero-order chi connectivity index (χ0) is 19.0. The van der Waals surface area contributed by atoms with E-state index in [1.807, 2.05) is 37.3 Å². The van der Waals surface area contributed by atoms with Crippen molar-refractivity contribution in [2.24, 2.45) is 4.99 Å². The van der Waals surface area contributed by atoms with Gasteiger partial charge < -0.3 is 10.2 Å². The Kier molecular flexibility index (Phi) is 4.08. The number of nitrogens with zero attached hydrogens (tertiary/aromatic N) is 1. The van der Waals surface area contributed by atoms with Gasteiger partial charge >= 0.3 is 5.97 Å². The van der Waals surface area contributed by atoms with Crippen molar-refractivity contribution in [1.82, 2.24) is 10.2 Å². The van der Waals surface area contributed by atoms with Gasteiger partial charge in [0.1, 0.15) is 0 Å². The van der Waals surface area contributed by atoms with Crippen LogP contribution in [0.5, 0.6) is 0 Å². The van der Waals surface area contributed by atoms with Crippen LogP contribution in [0.4, 0.5) is 0 Å². The Morgan fingerprint density at radius 2 is 1.85 bits per heavy atom. The predicted octanol–water partition coefficient (Wildman–Crippen LogP) is 2.01. The molecule has 4 rings (SSSR count). The molecular formula is C21H17N3O3. The SMILES string of the molecule is CC(c1ccc(C(=O)O)cc1)c1[nH][nH]c(=O)c1C=C1C=c2ccccc2=N1. The van der Waals surface area contributed by atoms with E-state index >= 15 is 0 Å². The Labute approximate surface area is 154 Å². The minimum Gasteiger partial charge on any atom is -0.478 e. The molecule has 1 aliphatic heterocycles. The summed E-state index contributed by atoms with van der Waals surface area (Å²) >= 11 is 0. The van der Waals surface area contributed by atoms with Crippen LogP contribution >= 0.6 is 0 Å². The number of H-pyrrole nitrogens is 2. The number of benzene rings is 2. The fourth-order valence-electron chi connectivity index (χ4n) is 3.21. The molecule has 1 aromatic heterocycles. The number of aromatic amines is 2.